The smallest absolute Gasteiger partial charge is 0.272 e. The molecule has 0 aliphatic rings. The van der Waals surface area contributed by atoms with Crippen LogP contribution in [0.25, 0.3) is 10.9 Å². The number of amides is 1. The van der Waals surface area contributed by atoms with E-state index in [-0.39, 0.29) is 5.91 Å². The first kappa shape index (κ1) is 14.3. The van der Waals surface area contributed by atoms with Gasteiger partial charge >= 0.3 is 0 Å². The SMILES string of the molecule is C=C(C)COCCNC(=O)c1nn(C)c2ccccc12. The van der Waals surface area contributed by atoms with Crippen molar-refractivity contribution in [2.45, 2.75) is 6.92 Å². The molecule has 1 N–H and O–H groups in total. The molecule has 0 radical (unpaired) electrons. The standard InChI is InChI=1S/C15H19N3O2/c1-11(2)10-20-9-8-16-15(19)14-12-6-4-5-7-13(12)18(3)17-14/h4-7H,1,8-10H2,2-3H3,(H,16,19). The van der Waals surface area contributed by atoms with Crippen LogP contribution in [-0.4, -0.2) is 35.4 Å². The van der Waals surface area contributed by atoms with Crippen molar-refractivity contribution in [2.75, 3.05) is 19.8 Å². The predicted octanol–water partition coefficient (Wildman–Crippen LogP) is 1.90. The Bertz CT molecular complexity index is 631. The van der Waals surface area contributed by atoms with E-state index in [1.165, 1.54) is 0 Å². The summed E-state index contributed by atoms with van der Waals surface area (Å²) in [4.78, 5) is 12.1. The molecule has 1 aromatic heterocycles. The Morgan fingerprint density at radius 3 is 2.95 bits per heavy atom. The van der Waals surface area contributed by atoms with Crippen LogP contribution in [0.1, 0.15) is 17.4 Å². The average molecular weight is 273 g/mol. The number of carbonyl (C=O) groups is 1. The second-order valence-corrected chi connectivity index (χ2v) is 4.75. The third-order valence-electron chi connectivity index (χ3n) is 2.85. The Labute approximate surface area is 118 Å². The summed E-state index contributed by atoms with van der Waals surface area (Å²) in [6.07, 6.45) is 0. The van der Waals surface area contributed by atoms with Gasteiger partial charge in [-0.15, -0.1) is 0 Å². The number of nitrogens with one attached hydrogen (secondary N) is 1. The lowest BCUT2D eigenvalue weighted by atomic mass is 10.2. The van der Waals surface area contributed by atoms with Crippen molar-refractivity contribution in [3.05, 3.63) is 42.1 Å². The lowest BCUT2D eigenvalue weighted by molar-refractivity contribution is 0.0922. The maximum absolute atomic E-state index is 12.1. The fourth-order valence-corrected chi connectivity index (χ4v) is 1.95. The van der Waals surface area contributed by atoms with Crippen molar-refractivity contribution in [3.63, 3.8) is 0 Å². The number of hydrogen-bond acceptors (Lipinski definition) is 3. The fraction of sp³-hybridized carbons (Fsp3) is 0.333. The minimum Gasteiger partial charge on any atom is -0.375 e. The summed E-state index contributed by atoms with van der Waals surface area (Å²) >= 11 is 0. The Kier molecular flexibility index (Phi) is 4.53. The second kappa shape index (κ2) is 6.34. The van der Waals surface area contributed by atoms with Crippen molar-refractivity contribution in [1.82, 2.24) is 15.1 Å². The Morgan fingerprint density at radius 2 is 2.20 bits per heavy atom. The molecule has 5 nitrogen and oxygen atoms in total. The minimum atomic E-state index is -0.180. The quantitative estimate of drug-likeness (QED) is 0.646. The van der Waals surface area contributed by atoms with Gasteiger partial charge in [-0.3, -0.25) is 9.48 Å². The molecule has 0 bridgehead atoms. The van der Waals surface area contributed by atoms with Gasteiger partial charge in [0.25, 0.3) is 5.91 Å². The van der Waals surface area contributed by atoms with Crippen LogP contribution in [-0.2, 0) is 11.8 Å². The Balaban J connectivity index is 1.96. The van der Waals surface area contributed by atoms with Crippen molar-refractivity contribution >= 4 is 16.8 Å². The summed E-state index contributed by atoms with van der Waals surface area (Å²) in [7, 11) is 1.83. The highest BCUT2D eigenvalue weighted by atomic mass is 16.5. The highest BCUT2D eigenvalue weighted by Crippen LogP contribution is 2.16. The molecule has 0 aliphatic heterocycles. The molecule has 0 aliphatic carbocycles. The van der Waals surface area contributed by atoms with Crippen LogP contribution in [0.3, 0.4) is 0 Å². The molecule has 20 heavy (non-hydrogen) atoms. The van der Waals surface area contributed by atoms with E-state index in [2.05, 4.69) is 17.0 Å². The molecule has 1 aromatic carbocycles. The molecule has 0 unspecified atom stereocenters. The summed E-state index contributed by atoms with van der Waals surface area (Å²) < 4.78 is 7.04. The molecule has 1 heterocycles. The molecule has 106 valence electrons. The lowest BCUT2D eigenvalue weighted by Gasteiger charge is -2.05. The molecule has 0 atom stereocenters. The monoisotopic (exact) mass is 273 g/mol. The van der Waals surface area contributed by atoms with Crippen LogP contribution in [0, 0.1) is 0 Å². The molecule has 0 spiro atoms. The number of nitrogens with zero attached hydrogens (tertiary/aromatic N) is 2. The molecule has 1 amide bonds. The number of fused-ring (bicyclic) bond motifs is 1. The van der Waals surface area contributed by atoms with E-state index >= 15 is 0 Å². The van der Waals surface area contributed by atoms with Gasteiger partial charge < -0.3 is 10.1 Å². The largest absolute Gasteiger partial charge is 0.375 e. The summed E-state index contributed by atoms with van der Waals surface area (Å²) in [6, 6.07) is 7.66. The second-order valence-electron chi connectivity index (χ2n) is 4.75. The van der Waals surface area contributed by atoms with Crippen LogP contribution in [0.5, 0.6) is 0 Å². The zero-order valence-corrected chi connectivity index (χ0v) is 11.8. The van der Waals surface area contributed by atoms with Crippen LogP contribution in [0.4, 0.5) is 0 Å². The first-order chi connectivity index (χ1) is 9.59. The molecule has 0 fully saturated rings. The Morgan fingerprint density at radius 1 is 1.45 bits per heavy atom. The molecule has 2 rings (SSSR count). The van der Waals surface area contributed by atoms with Crippen LogP contribution < -0.4 is 5.32 Å². The number of ether oxygens (including phenoxy) is 1. The van der Waals surface area contributed by atoms with Gasteiger partial charge in [0, 0.05) is 19.0 Å². The lowest BCUT2D eigenvalue weighted by Crippen LogP contribution is -2.28. The maximum atomic E-state index is 12.1. The number of aryl methyl sites for hydroxylation is 1. The summed E-state index contributed by atoms with van der Waals surface area (Å²) in [5.41, 5.74) is 2.35. The van der Waals surface area contributed by atoms with Gasteiger partial charge in [0.1, 0.15) is 0 Å². The fourth-order valence-electron chi connectivity index (χ4n) is 1.95. The number of hydrogen-bond donors (Lipinski definition) is 1. The van der Waals surface area contributed by atoms with Crippen LogP contribution >= 0.6 is 0 Å². The van der Waals surface area contributed by atoms with E-state index < -0.39 is 0 Å². The molecular formula is C15H19N3O2. The topological polar surface area (TPSA) is 56.1 Å². The number of para-hydroxylation sites is 1. The van der Waals surface area contributed by atoms with E-state index in [0.717, 1.165) is 16.5 Å². The van der Waals surface area contributed by atoms with Gasteiger partial charge in [0.15, 0.2) is 5.69 Å². The normalized spacial score (nSPS) is 10.7. The number of aromatic nitrogens is 2. The first-order valence-electron chi connectivity index (χ1n) is 6.51. The van der Waals surface area contributed by atoms with Crippen LogP contribution in [0.2, 0.25) is 0 Å². The van der Waals surface area contributed by atoms with Crippen molar-refractivity contribution in [3.8, 4) is 0 Å². The van der Waals surface area contributed by atoms with Gasteiger partial charge in [-0.2, -0.15) is 5.10 Å². The van der Waals surface area contributed by atoms with E-state index in [1.807, 2.05) is 38.2 Å². The van der Waals surface area contributed by atoms with E-state index in [1.54, 1.807) is 4.68 Å². The summed E-state index contributed by atoms with van der Waals surface area (Å²) in [5.74, 6) is -0.180. The minimum absolute atomic E-state index is 0.180. The zero-order valence-electron chi connectivity index (χ0n) is 11.8. The van der Waals surface area contributed by atoms with Crippen LogP contribution in [0.15, 0.2) is 36.4 Å². The van der Waals surface area contributed by atoms with E-state index in [4.69, 9.17) is 4.74 Å². The van der Waals surface area contributed by atoms with Gasteiger partial charge in [-0.1, -0.05) is 30.4 Å². The van der Waals surface area contributed by atoms with Gasteiger partial charge in [-0.05, 0) is 13.0 Å². The predicted molar refractivity (Wildman–Crippen MR) is 78.7 cm³/mol. The summed E-state index contributed by atoms with van der Waals surface area (Å²) in [5, 5.41) is 7.93. The highest BCUT2D eigenvalue weighted by molar-refractivity contribution is 6.04. The molecule has 5 heteroatoms. The van der Waals surface area contributed by atoms with Gasteiger partial charge in [0.05, 0.1) is 18.7 Å². The number of benzene rings is 1. The summed E-state index contributed by atoms with van der Waals surface area (Å²) in [6.45, 7) is 7.08. The van der Waals surface area contributed by atoms with E-state index in [9.17, 15) is 4.79 Å². The molecule has 2 aromatic rings. The highest BCUT2D eigenvalue weighted by Gasteiger charge is 2.14. The molecule has 0 saturated heterocycles. The average Bonchev–Trinajstić information content (AvgIpc) is 2.76. The first-order valence-corrected chi connectivity index (χ1v) is 6.51. The van der Waals surface area contributed by atoms with Crippen molar-refractivity contribution in [2.24, 2.45) is 7.05 Å². The van der Waals surface area contributed by atoms with E-state index in [0.29, 0.717) is 25.5 Å². The third-order valence-corrected chi connectivity index (χ3v) is 2.85. The zero-order chi connectivity index (χ0) is 14.5. The van der Waals surface area contributed by atoms with Crippen molar-refractivity contribution in [1.29, 1.82) is 0 Å². The van der Waals surface area contributed by atoms with Crippen molar-refractivity contribution < 1.29 is 9.53 Å². The maximum Gasteiger partial charge on any atom is 0.272 e. The molecule has 0 saturated carbocycles. The molecular weight excluding hydrogens is 254 g/mol. The number of rotatable bonds is 6. The number of carbonyl (C=O) groups excluding carboxylic acids is 1. The third kappa shape index (κ3) is 3.24. The van der Waals surface area contributed by atoms with Gasteiger partial charge in [0.2, 0.25) is 0 Å². The van der Waals surface area contributed by atoms with Gasteiger partial charge in [-0.25, -0.2) is 0 Å². The Hall–Kier alpha value is -2.14.